The van der Waals surface area contributed by atoms with Crippen LogP contribution in [0.2, 0.25) is 0 Å². The van der Waals surface area contributed by atoms with Crippen LogP contribution in [0.4, 0.5) is 5.13 Å². The van der Waals surface area contributed by atoms with Gasteiger partial charge in [-0.1, -0.05) is 11.3 Å². The second-order valence-corrected chi connectivity index (χ2v) is 6.08. The molecule has 0 saturated heterocycles. The highest BCUT2D eigenvalue weighted by Gasteiger charge is 2.34. The number of hydrogen-bond acceptors (Lipinski definition) is 4. The van der Waals surface area contributed by atoms with Crippen LogP contribution in [0.1, 0.15) is 43.2 Å². The lowest BCUT2D eigenvalue weighted by molar-refractivity contribution is 0.558. The number of thiazole rings is 1. The summed E-state index contributed by atoms with van der Waals surface area (Å²) in [4.78, 5) is 8.02. The summed E-state index contributed by atoms with van der Waals surface area (Å²) < 4.78 is 0. The lowest BCUT2D eigenvalue weighted by Crippen LogP contribution is -2.28. The summed E-state index contributed by atoms with van der Waals surface area (Å²) in [6.45, 7) is 4.12. The first-order valence-electron chi connectivity index (χ1n) is 5.37. The smallest absolute Gasteiger partial charge is 0.185 e. The highest BCUT2D eigenvalue weighted by Crippen LogP contribution is 2.46. The Morgan fingerprint density at radius 2 is 2.00 bits per heavy atom. The van der Waals surface area contributed by atoms with Crippen LogP contribution in [0, 0.1) is 0 Å². The molecule has 2 rings (SSSR count). The van der Waals surface area contributed by atoms with Gasteiger partial charge in [0.25, 0.3) is 0 Å². The van der Waals surface area contributed by atoms with E-state index in [1.54, 1.807) is 11.3 Å². The third-order valence-corrected chi connectivity index (χ3v) is 4.15. The fourth-order valence-electron chi connectivity index (χ4n) is 1.61. The molecule has 1 aromatic heterocycles. The maximum atomic E-state index is 6.19. The van der Waals surface area contributed by atoms with Crippen molar-refractivity contribution in [2.24, 2.45) is 5.73 Å². The predicted octanol–water partition coefficient (Wildman–Crippen LogP) is 2.28. The first-order chi connectivity index (χ1) is 6.89. The Bertz CT molecular complexity index is 358. The number of hydrogen-bond donors (Lipinski definition) is 1. The molecule has 0 aromatic carbocycles. The molecule has 0 bridgehead atoms. The van der Waals surface area contributed by atoms with Crippen LogP contribution in [0.3, 0.4) is 0 Å². The standard InChI is InChI=1S/C11H19N3S/c1-11(2,12)9-8(7-5-6-7)13-10(15-9)14(3)4/h7H,5-6,12H2,1-4H3. The highest BCUT2D eigenvalue weighted by atomic mass is 32.1. The van der Waals surface area contributed by atoms with Crippen LogP contribution in [-0.2, 0) is 5.54 Å². The largest absolute Gasteiger partial charge is 0.354 e. The van der Waals surface area contributed by atoms with Gasteiger partial charge in [-0.15, -0.1) is 0 Å². The van der Waals surface area contributed by atoms with Crippen molar-refractivity contribution in [2.75, 3.05) is 19.0 Å². The van der Waals surface area contributed by atoms with Crippen LogP contribution in [-0.4, -0.2) is 19.1 Å². The van der Waals surface area contributed by atoms with Gasteiger partial charge in [0.2, 0.25) is 0 Å². The van der Waals surface area contributed by atoms with E-state index in [1.807, 2.05) is 14.1 Å². The third-order valence-electron chi connectivity index (χ3n) is 2.57. The summed E-state index contributed by atoms with van der Waals surface area (Å²) in [5, 5.41) is 1.07. The molecule has 1 aliphatic carbocycles. The molecule has 1 aliphatic rings. The molecular weight excluding hydrogens is 206 g/mol. The zero-order valence-corrected chi connectivity index (χ0v) is 10.7. The van der Waals surface area contributed by atoms with Gasteiger partial charge in [-0.05, 0) is 26.7 Å². The number of nitrogens with zero attached hydrogens (tertiary/aromatic N) is 2. The molecule has 4 heteroatoms. The first-order valence-corrected chi connectivity index (χ1v) is 6.18. The number of anilines is 1. The molecule has 0 radical (unpaired) electrons. The molecule has 0 amide bonds. The number of nitrogens with two attached hydrogens (primary N) is 1. The van der Waals surface area contributed by atoms with E-state index in [1.165, 1.54) is 23.4 Å². The van der Waals surface area contributed by atoms with Crippen LogP contribution < -0.4 is 10.6 Å². The molecule has 1 fully saturated rings. The zero-order valence-electron chi connectivity index (χ0n) is 9.87. The van der Waals surface area contributed by atoms with E-state index in [2.05, 4.69) is 18.7 Å². The van der Waals surface area contributed by atoms with E-state index in [-0.39, 0.29) is 5.54 Å². The molecule has 0 unspecified atom stereocenters. The van der Waals surface area contributed by atoms with Crippen molar-refractivity contribution < 1.29 is 0 Å². The summed E-state index contributed by atoms with van der Waals surface area (Å²) in [5.74, 6) is 0.674. The van der Waals surface area contributed by atoms with Gasteiger partial charge in [-0.3, -0.25) is 0 Å². The zero-order chi connectivity index (χ0) is 11.2. The third kappa shape index (κ3) is 2.16. The Labute approximate surface area is 95.3 Å². The van der Waals surface area contributed by atoms with Crippen molar-refractivity contribution in [3.05, 3.63) is 10.6 Å². The van der Waals surface area contributed by atoms with Gasteiger partial charge in [0, 0.05) is 30.4 Å². The maximum Gasteiger partial charge on any atom is 0.185 e. The van der Waals surface area contributed by atoms with Gasteiger partial charge in [-0.2, -0.15) is 0 Å². The lowest BCUT2D eigenvalue weighted by atomic mass is 10.0. The Hall–Kier alpha value is -0.610. The van der Waals surface area contributed by atoms with Crippen molar-refractivity contribution in [3.63, 3.8) is 0 Å². The maximum absolute atomic E-state index is 6.19. The Kier molecular flexibility index (Phi) is 2.51. The summed E-state index contributed by atoms with van der Waals surface area (Å²) in [5.41, 5.74) is 7.17. The molecular formula is C11H19N3S. The molecule has 1 saturated carbocycles. The van der Waals surface area contributed by atoms with Crippen LogP contribution in [0.5, 0.6) is 0 Å². The van der Waals surface area contributed by atoms with Crippen LogP contribution in [0.25, 0.3) is 0 Å². The Balaban J connectivity index is 2.42. The van der Waals surface area contributed by atoms with E-state index < -0.39 is 0 Å². The summed E-state index contributed by atoms with van der Waals surface area (Å²) >= 11 is 1.73. The molecule has 0 atom stereocenters. The number of rotatable bonds is 3. The quantitative estimate of drug-likeness (QED) is 0.858. The molecule has 1 aromatic rings. The van der Waals surface area contributed by atoms with E-state index in [9.17, 15) is 0 Å². The van der Waals surface area contributed by atoms with Gasteiger partial charge < -0.3 is 10.6 Å². The first kappa shape index (κ1) is 10.9. The lowest BCUT2D eigenvalue weighted by Gasteiger charge is -2.17. The fraction of sp³-hybridized carbons (Fsp3) is 0.727. The fourth-order valence-corrected chi connectivity index (χ4v) is 2.70. The van der Waals surface area contributed by atoms with E-state index in [0.29, 0.717) is 5.92 Å². The van der Waals surface area contributed by atoms with Crippen LogP contribution >= 0.6 is 11.3 Å². The minimum atomic E-state index is -0.260. The molecule has 1 heterocycles. The Morgan fingerprint density at radius 1 is 1.40 bits per heavy atom. The van der Waals surface area contributed by atoms with Gasteiger partial charge in [0.05, 0.1) is 5.69 Å². The van der Waals surface area contributed by atoms with E-state index in [0.717, 1.165) is 5.13 Å². The van der Waals surface area contributed by atoms with Crippen molar-refractivity contribution in [3.8, 4) is 0 Å². The van der Waals surface area contributed by atoms with Crippen molar-refractivity contribution >= 4 is 16.5 Å². The summed E-state index contributed by atoms with van der Waals surface area (Å²) in [6.07, 6.45) is 2.55. The molecule has 84 valence electrons. The molecule has 0 aliphatic heterocycles. The normalized spacial score (nSPS) is 16.9. The predicted molar refractivity (Wildman–Crippen MR) is 65.6 cm³/mol. The second-order valence-electron chi connectivity index (χ2n) is 5.10. The van der Waals surface area contributed by atoms with Crippen molar-refractivity contribution in [1.29, 1.82) is 0 Å². The van der Waals surface area contributed by atoms with Gasteiger partial charge in [0.15, 0.2) is 5.13 Å². The molecule has 15 heavy (non-hydrogen) atoms. The van der Waals surface area contributed by atoms with Crippen molar-refractivity contribution in [1.82, 2.24) is 4.98 Å². The van der Waals surface area contributed by atoms with Gasteiger partial charge in [-0.25, -0.2) is 4.98 Å². The molecule has 0 spiro atoms. The minimum absolute atomic E-state index is 0.260. The monoisotopic (exact) mass is 225 g/mol. The van der Waals surface area contributed by atoms with Gasteiger partial charge in [0.1, 0.15) is 0 Å². The average molecular weight is 225 g/mol. The average Bonchev–Trinajstić information content (AvgIpc) is 2.81. The SMILES string of the molecule is CN(C)c1nc(C2CC2)c(C(C)(C)N)s1. The van der Waals surface area contributed by atoms with Crippen LogP contribution in [0.15, 0.2) is 0 Å². The highest BCUT2D eigenvalue weighted by molar-refractivity contribution is 7.15. The minimum Gasteiger partial charge on any atom is -0.354 e. The molecule has 3 nitrogen and oxygen atoms in total. The number of aromatic nitrogens is 1. The summed E-state index contributed by atoms with van der Waals surface area (Å²) in [6, 6.07) is 0. The van der Waals surface area contributed by atoms with Crippen molar-refractivity contribution in [2.45, 2.75) is 38.1 Å². The Morgan fingerprint density at radius 3 is 2.40 bits per heavy atom. The summed E-state index contributed by atoms with van der Waals surface area (Å²) in [7, 11) is 4.06. The van der Waals surface area contributed by atoms with Gasteiger partial charge >= 0.3 is 0 Å². The topological polar surface area (TPSA) is 42.2 Å². The second kappa shape index (κ2) is 3.46. The van der Waals surface area contributed by atoms with E-state index >= 15 is 0 Å². The molecule has 2 N–H and O–H groups in total. The van der Waals surface area contributed by atoms with E-state index in [4.69, 9.17) is 10.7 Å².